The summed E-state index contributed by atoms with van der Waals surface area (Å²) >= 11 is 0. The maximum atomic E-state index is 11.3. The highest BCUT2D eigenvalue weighted by Crippen LogP contribution is 2.07. The zero-order chi connectivity index (χ0) is 8.04. The van der Waals surface area contributed by atoms with Gasteiger partial charge in [-0.3, -0.25) is 8.37 Å². The summed E-state index contributed by atoms with van der Waals surface area (Å²) in [5, 5.41) is 0. The molecule has 0 aromatic carbocycles. The first-order valence-electron chi connectivity index (χ1n) is 3.56. The Morgan fingerprint density at radius 3 is 1.70 bits per heavy atom. The molecule has 0 bridgehead atoms. The van der Waals surface area contributed by atoms with Crippen LogP contribution in [0.5, 0.6) is 0 Å². The highest BCUT2D eigenvalue weighted by atomic mass is 32.3. The Kier molecular flexibility index (Phi) is 4.85. The molecule has 0 heterocycles. The average molecular weight is 168 g/mol. The minimum atomic E-state index is -2.70. The van der Waals surface area contributed by atoms with Crippen LogP contribution in [0, 0.1) is 0 Å². The first-order valence-corrected chi connectivity index (χ1v) is 5.29. The van der Waals surface area contributed by atoms with Gasteiger partial charge in [-0.05, 0) is 13.8 Å². The molecule has 0 fully saturated rings. The summed E-state index contributed by atoms with van der Waals surface area (Å²) < 4.78 is 21.2. The molecule has 0 saturated heterocycles. The summed E-state index contributed by atoms with van der Waals surface area (Å²) in [6.45, 7) is 6.31. The fourth-order valence-corrected chi connectivity index (χ4v) is 1.84. The van der Waals surface area contributed by atoms with Crippen molar-refractivity contribution in [1.29, 1.82) is 0 Å². The van der Waals surface area contributed by atoms with E-state index >= 15 is 0 Å². The fourth-order valence-electron chi connectivity index (χ4n) is 0.613. The van der Waals surface area contributed by atoms with Gasteiger partial charge in [-0.1, -0.05) is 6.92 Å². The molecule has 4 heteroatoms. The van der Waals surface area contributed by atoms with E-state index in [-0.39, 0.29) is 0 Å². The molecule has 64 valence electrons. The summed E-state index contributed by atoms with van der Waals surface area (Å²) in [6, 6.07) is 0. The van der Waals surface area contributed by atoms with Crippen LogP contribution >= 0.6 is 0 Å². The van der Waals surface area contributed by atoms with Crippen molar-refractivity contribution in [1.82, 2.24) is 0 Å². The molecule has 0 radical (unpaired) electrons. The Morgan fingerprint density at radius 2 is 1.50 bits per heavy atom. The monoisotopic (exact) mass is 168 g/mol. The third-order valence-corrected chi connectivity index (χ3v) is 3.12. The Labute approximate surface area is 63.6 Å². The van der Waals surface area contributed by atoms with Gasteiger partial charge in [0.15, 0.2) is 0 Å². The van der Waals surface area contributed by atoms with Gasteiger partial charge in [-0.15, -0.1) is 0 Å². The average Bonchev–Trinajstić information content (AvgIpc) is 1.89. The maximum Gasteiger partial charge on any atom is 0.0777 e. The summed E-state index contributed by atoms with van der Waals surface area (Å²) in [5.41, 5.74) is 0. The molecule has 0 atom stereocenters. The van der Waals surface area contributed by atoms with Crippen molar-refractivity contribution in [2.45, 2.75) is 20.8 Å². The van der Waals surface area contributed by atoms with E-state index in [0.717, 1.165) is 0 Å². The van der Waals surface area contributed by atoms with Gasteiger partial charge in [0.2, 0.25) is 0 Å². The number of thiol groups is 1. The van der Waals surface area contributed by atoms with Crippen LogP contribution < -0.4 is 0 Å². The standard InChI is InChI=1S/C6H16O3S/c1-4-8-10(7,6-3)9-5-2/h10H,4-6H2,1-3H3. The van der Waals surface area contributed by atoms with Crippen molar-refractivity contribution >= 4 is 10.5 Å². The SMILES string of the molecule is CCO[SH](=O)(CC)OCC. The zero-order valence-electron chi connectivity index (χ0n) is 6.79. The summed E-state index contributed by atoms with van der Waals surface area (Å²) in [7, 11) is -2.70. The smallest absolute Gasteiger partial charge is 0.0777 e. The summed E-state index contributed by atoms with van der Waals surface area (Å²) in [4.78, 5) is 0. The Balaban J connectivity index is 3.83. The quantitative estimate of drug-likeness (QED) is 0.620. The van der Waals surface area contributed by atoms with E-state index in [1.165, 1.54) is 0 Å². The van der Waals surface area contributed by atoms with E-state index in [4.69, 9.17) is 8.37 Å². The minimum absolute atomic E-state index is 0.450. The molecule has 3 nitrogen and oxygen atoms in total. The second kappa shape index (κ2) is 4.82. The fraction of sp³-hybridized carbons (Fsp3) is 1.00. The van der Waals surface area contributed by atoms with E-state index < -0.39 is 10.5 Å². The number of rotatable bonds is 5. The normalized spacial score (nSPS) is 13.5. The molecular formula is C6H16O3S. The molecule has 10 heavy (non-hydrogen) atoms. The van der Waals surface area contributed by atoms with Gasteiger partial charge < -0.3 is 0 Å². The molecule has 0 saturated carbocycles. The lowest BCUT2D eigenvalue weighted by atomic mass is 10.9. The summed E-state index contributed by atoms with van der Waals surface area (Å²) in [5.74, 6) is 0.453. The van der Waals surface area contributed by atoms with Crippen molar-refractivity contribution in [3.63, 3.8) is 0 Å². The molecule has 0 unspecified atom stereocenters. The highest BCUT2D eigenvalue weighted by Gasteiger charge is 2.09. The van der Waals surface area contributed by atoms with Crippen LogP contribution in [-0.4, -0.2) is 23.2 Å². The Hall–Kier alpha value is 0.0700. The Morgan fingerprint density at radius 1 is 1.10 bits per heavy atom. The maximum absolute atomic E-state index is 11.3. The highest BCUT2D eigenvalue weighted by molar-refractivity contribution is 7.94. The van der Waals surface area contributed by atoms with E-state index in [9.17, 15) is 4.21 Å². The van der Waals surface area contributed by atoms with Gasteiger partial charge in [0, 0.05) is 5.75 Å². The predicted molar refractivity (Wildman–Crippen MR) is 43.3 cm³/mol. The van der Waals surface area contributed by atoms with Crippen LogP contribution in [-0.2, 0) is 18.9 Å². The lowest BCUT2D eigenvalue weighted by Crippen LogP contribution is -2.21. The lowest BCUT2D eigenvalue weighted by molar-refractivity contribution is 0.250. The number of hydrogen-bond donors (Lipinski definition) is 1. The topological polar surface area (TPSA) is 35.5 Å². The molecule has 0 aromatic heterocycles. The lowest BCUT2D eigenvalue weighted by Gasteiger charge is -2.21. The van der Waals surface area contributed by atoms with E-state index in [0.29, 0.717) is 19.0 Å². The third kappa shape index (κ3) is 3.29. The number of hydrogen-bond acceptors (Lipinski definition) is 3. The van der Waals surface area contributed by atoms with Crippen LogP contribution in [0.15, 0.2) is 0 Å². The molecule has 0 N–H and O–H groups in total. The van der Waals surface area contributed by atoms with Crippen molar-refractivity contribution in [3.8, 4) is 0 Å². The van der Waals surface area contributed by atoms with Gasteiger partial charge in [-0.25, -0.2) is 4.21 Å². The van der Waals surface area contributed by atoms with Gasteiger partial charge in [-0.2, -0.15) is 0 Å². The zero-order valence-corrected chi connectivity index (χ0v) is 7.69. The van der Waals surface area contributed by atoms with Crippen molar-refractivity contribution in [3.05, 3.63) is 0 Å². The molecule has 0 aliphatic rings. The molecule has 0 aliphatic heterocycles. The van der Waals surface area contributed by atoms with Crippen LogP contribution in [0.4, 0.5) is 0 Å². The van der Waals surface area contributed by atoms with Crippen LogP contribution in [0.3, 0.4) is 0 Å². The molecule has 0 rings (SSSR count). The Bertz CT molecular complexity index is 114. The van der Waals surface area contributed by atoms with Gasteiger partial charge in [0.25, 0.3) is 0 Å². The van der Waals surface area contributed by atoms with Crippen LogP contribution in [0.1, 0.15) is 20.8 Å². The molecule has 0 amide bonds. The van der Waals surface area contributed by atoms with Gasteiger partial charge >= 0.3 is 0 Å². The van der Waals surface area contributed by atoms with Crippen molar-refractivity contribution in [2.75, 3.05) is 19.0 Å². The van der Waals surface area contributed by atoms with Crippen LogP contribution in [0.25, 0.3) is 0 Å². The van der Waals surface area contributed by atoms with E-state index in [1.807, 2.05) is 0 Å². The largest absolute Gasteiger partial charge is 0.294 e. The summed E-state index contributed by atoms with van der Waals surface area (Å²) in [6.07, 6.45) is 0. The second-order valence-corrected chi connectivity index (χ2v) is 4.13. The van der Waals surface area contributed by atoms with E-state index in [2.05, 4.69) is 0 Å². The minimum Gasteiger partial charge on any atom is -0.294 e. The first kappa shape index (κ1) is 10.1. The molecule has 0 aromatic rings. The van der Waals surface area contributed by atoms with Crippen molar-refractivity contribution in [2.24, 2.45) is 0 Å². The second-order valence-electron chi connectivity index (χ2n) is 1.76. The molecular weight excluding hydrogens is 152 g/mol. The third-order valence-electron chi connectivity index (χ3n) is 1.04. The molecule has 0 aliphatic carbocycles. The van der Waals surface area contributed by atoms with Gasteiger partial charge in [0.1, 0.15) is 0 Å². The van der Waals surface area contributed by atoms with Crippen LogP contribution in [0.2, 0.25) is 0 Å². The first-order chi connectivity index (χ1) is 4.68. The predicted octanol–water partition coefficient (Wildman–Crippen LogP) is 0.926. The van der Waals surface area contributed by atoms with Crippen molar-refractivity contribution < 1.29 is 12.6 Å². The van der Waals surface area contributed by atoms with E-state index in [1.54, 1.807) is 20.8 Å². The molecule has 0 spiro atoms. The van der Waals surface area contributed by atoms with Gasteiger partial charge in [0.05, 0.1) is 23.7 Å².